The number of nitrogen functional groups attached to an aromatic ring is 1. The van der Waals surface area contributed by atoms with E-state index in [4.69, 9.17) is 10.5 Å². The number of rotatable bonds is 4. The molecule has 1 saturated heterocycles. The molecule has 116 valence electrons. The quantitative estimate of drug-likeness (QED) is 0.629. The Kier molecular flexibility index (Phi) is 5.03. The van der Waals surface area contributed by atoms with E-state index in [2.05, 4.69) is 29.2 Å². The van der Waals surface area contributed by atoms with Crippen LogP contribution >= 0.6 is 0 Å². The Morgan fingerprint density at radius 2 is 2.19 bits per heavy atom. The number of benzene rings is 1. The minimum absolute atomic E-state index is 0.400. The van der Waals surface area contributed by atoms with Crippen LogP contribution in [0.1, 0.15) is 10.4 Å². The summed E-state index contributed by atoms with van der Waals surface area (Å²) < 4.78 is 4.74. The fourth-order valence-electron chi connectivity index (χ4n) is 2.56. The average Bonchev–Trinajstić information content (AvgIpc) is 2.48. The van der Waals surface area contributed by atoms with Gasteiger partial charge in [-0.15, -0.1) is 0 Å². The highest BCUT2D eigenvalue weighted by Gasteiger charge is 2.22. The van der Waals surface area contributed by atoms with E-state index < -0.39 is 5.97 Å². The van der Waals surface area contributed by atoms with Gasteiger partial charge >= 0.3 is 5.97 Å². The van der Waals surface area contributed by atoms with Crippen LogP contribution in [0.15, 0.2) is 18.2 Å². The van der Waals surface area contributed by atoms with Crippen molar-refractivity contribution in [2.75, 3.05) is 58.4 Å². The molecule has 3 N–H and O–H groups in total. The van der Waals surface area contributed by atoms with Gasteiger partial charge in [0.1, 0.15) is 0 Å². The van der Waals surface area contributed by atoms with Gasteiger partial charge in [-0.25, -0.2) is 4.79 Å². The Hall–Kier alpha value is -1.79. The van der Waals surface area contributed by atoms with Crippen LogP contribution in [0.3, 0.4) is 0 Å². The molecule has 6 nitrogen and oxygen atoms in total. The molecule has 1 aliphatic rings. The van der Waals surface area contributed by atoms with Crippen LogP contribution in [0.4, 0.5) is 11.4 Å². The number of para-hydroxylation sites is 1. The molecule has 1 atom stereocenters. The summed E-state index contributed by atoms with van der Waals surface area (Å²) in [6.45, 7) is 3.95. The summed E-state index contributed by atoms with van der Waals surface area (Å²) in [5.41, 5.74) is 7.67. The molecule has 1 fully saturated rings. The van der Waals surface area contributed by atoms with Crippen LogP contribution in [0.25, 0.3) is 0 Å². The molecule has 1 aliphatic heterocycles. The zero-order valence-corrected chi connectivity index (χ0v) is 12.9. The number of nitrogens with two attached hydrogens (primary N) is 1. The van der Waals surface area contributed by atoms with E-state index in [9.17, 15) is 4.79 Å². The highest BCUT2D eigenvalue weighted by molar-refractivity contribution is 5.98. The lowest BCUT2D eigenvalue weighted by Crippen LogP contribution is -2.52. The molecule has 1 aromatic carbocycles. The highest BCUT2D eigenvalue weighted by Crippen LogP contribution is 2.23. The van der Waals surface area contributed by atoms with Gasteiger partial charge in [-0.05, 0) is 26.2 Å². The number of anilines is 2. The van der Waals surface area contributed by atoms with Crippen LogP contribution in [-0.4, -0.2) is 69.2 Å². The zero-order valence-electron chi connectivity index (χ0n) is 12.9. The molecule has 0 bridgehead atoms. The number of nitrogens with one attached hydrogen (secondary N) is 1. The molecule has 21 heavy (non-hydrogen) atoms. The Morgan fingerprint density at radius 1 is 1.43 bits per heavy atom. The number of piperazine rings is 1. The van der Waals surface area contributed by atoms with Gasteiger partial charge in [0.15, 0.2) is 0 Å². The van der Waals surface area contributed by atoms with E-state index in [0.717, 1.165) is 31.9 Å². The summed E-state index contributed by atoms with van der Waals surface area (Å²) in [4.78, 5) is 16.3. The number of hydrogen-bond acceptors (Lipinski definition) is 6. The maximum Gasteiger partial charge on any atom is 0.340 e. The topological polar surface area (TPSA) is 70.8 Å². The van der Waals surface area contributed by atoms with Crippen molar-refractivity contribution >= 4 is 17.3 Å². The van der Waals surface area contributed by atoms with Crippen molar-refractivity contribution < 1.29 is 9.53 Å². The van der Waals surface area contributed by atoms with Crippen LogP contribution in [-0.2, 0) is 4.74 Å². The Labute approximate surface area is 125 Å². The number of ether oxygens (including phenoxy) is 1. The Balaban J connectivity index is 2.04. The molecule has 0 aliphatic carbocycles. The second-order valence-corrected chi connectivity index (χ2v) is 5.54. The lowest BCUT2D eigenvalue weighted by molar-refractivity contribution is 0.0602. The summed E-state index contributed by atoms with van der Waals surface area (Å²) >= 11 is 0. The molecular formula is C15H24N4O2. The first-order valence-corrected chi connectivity index (χ1v) is 7.12. The van der Waals surface area contributed by atoms with E-state index in [1.54, 1.807) is 6.07 Å². The number of nitrogens with zero attached hydrogens (tertiary/aromatic N) is 2. The predicted molar refractivity (Wildman–Crippen MR) is 84.6 cm³/mol. The van der Waals surface area contributed by atoms with Gasteiger partial charge in [0.25, 0.3) is 0 Å². The van der Waals surface area contributed by atoms with Gasteiger partial charge < -0.3 is 20.7 Å². The van der Waals surface area contributed by atoms with E-state index in [1.807, 2.05) is 12.1 Å². The standard InChI is InChI=1S/C15H24N4O2/c1-18-7-8-19(2)11(10-18)9-17-13-6-4-5-12(14(13)16)15(20)21-3/h4-6,11,17H,7-10,16H2,1-3H3. The third-order valence-corrected chi connectivity index (χ3v) is 4.02. The third-order valence-electron chi connectivity index (χ3n) is 4.02. The van der Waals surface area contributed by atoms with Crippen molar-refractivity contribution in [3.8, 4) is 0 Å². The van der Waals surface area contributed by atoms with Crippen LogP contribution in [0.5, 0.6) is 0 Å². The molecule has 0 spiro atoms. The van der Waals surface area contributed by atoms with Crippen LogP contribution in [0, 0.1) is 0 Å². The predicted octanol–water partition coefficient (Wildman–Crippen LogP) is 0.713. The molecular weight excluding hydrogens is 268 g/mol. The normalized spacial score (nSPS) is 20.2. The van der Waals surface area contributed by atoms with Gasteiger partial charge in [0.05, 0.1) is 24.0 Å². The van der Waals surface area contributed by atoms with E-state index >= 15 is 0 Å². The number of carbonyl (C=O) groups excluding carboxylic acids is 1. The smallest absolute Gasteiger partial charge is 0.340 e. The van der Waals surface area contributed by atoms with Gasteiger partial charge in [0, 0.05) is 32.2 Å². The fraction of sp³-hybridized carbons (Fsp3) is 0.533. The second kappa shape index (κ2) is 6.78. The number of methoxy groups -OCH3 is 1. The fourth-order valence-corrected chi connectivity index (χ4v) is 2.56. The van der Waals surface area contributed by atoms with Crippen molar-refractivity contribution in [2.24, 2.45) is 0 Å². The summed E-state index contributed by atoms with van der Waals surface area (Å²) in [6, 6.07) is 5.79. The number of carbonyl (C=O) groups is 1. The molecule has 6 heteroatoms. The van der Waals surface area contributed by atoms with Crippen molar-refractivity contribution in [2.45, 2.75) is 6.04 Å². The molecule has 0 aromatic heterocycles. The average molecular weight is 292 g/mol. The molecule has 0 saturated carbocycles. The van der Waals surface area contributed by atoms with Crippen molar-refractivity contribution in [3.63, 3.8) is 0 Å². The Morgan fingerprint density at radius 3 is 2.90 bits per heavy atom. The monoisotopic (exact) mass is 292 g/mol. The minimum atomic E-state index is -0.411. The van der Waals surface area contributed by atoms with E-state index in [1.165, 1.54) is 7.11 Å². The third kappa shape index (κ3) is 3.65. The van der Waals surface area contributed by atoms with E-state index in [-0.39, 0.29) is 0 Å². The second-order valence-electron chi connectivity index (χ2n) is 5.54. The first-order valence-electron chi connectivity index (χ1n) is 7.12. The zero-order chi connectivity index (χ0) is 15.4. The van der Waals surface area contributed by atoms with Gasteiger partial charge in [-0.1, -0.05) is 6.07 Å². The van der Waals surface area contributed by atoms with Crippen LogP contribution < -0.4 is 11.1 Å². The van der Waals surface area contributed by atoms with Gasteiger partial charge in [0.2, 0.25) is 0 Å². The first kappa shape index (κ1) is 15.6. The molecule has 0 radical (unpaired) electrons. The van der Waals surface area contributed by atoms with Crippen molar-refractivity contribution in [1.29, 1.82) is 0 Å². The SMILES string of the molecule is COC(=O)c1cccc(NCC2CN(C)CCN2C)c1N. The number of esters is 1. The Bertz CT molecular complexity index is 506. The summed E-state index contributed by atoms with van der Waals surface area (Å²) in [6.07, 6.45) is 0. The largest absolute Gasteiger partial charge is 0.465 e. The minimum Gasteiger partial charge on any atom is -0.465 e. The van der Waals surface area contributed by atoms with Gasteiger partial charge in [-0.3, -0.25) is 4.90 Å². The molecule has 1 aromatic rings. The molecule has 1 unspecified atom stereocenters. The van der Waals surface area contributed by atoms with Crippen molar-refractivity contribution in [1.82, 2.24) is 9.80 Å². The number of likely N-dealkylation sites (N-methyl/N-ethyl adjacent to an activating group) is 2. The maximum atomic E-state index is 11.6. The highest BCUT2D eigenvalue weighted by atomic mass is 16.5. The molecule has 2 rings (SSSR count). The van der Waals surface area contributed by atoms with Crippen LogP contribution in [0.2, 0.25) is 0 Å². The summed E-state index contributed by atoms with van der Waals surface area (Å²) in [5, 5.41) is 3.35. The lowest BCUT2D eigenvalue weighted by Gasteiger charge is -2.38. The van der Waals surface area contributed by atoms with E-state index in [0.29, 0.717) is 17.3 Å². The number of hydrogen-bond donors (Lipinski definition) is 2. The molecule has 1 heterocycles. The van der Waals surface area contributed by atoms with Gasteiger partial charge in [-0.2, -0.15) is 0 Å². The molecule has 0 amide bonds. The first-order chi connectivity index (χ1) is 10.0. The maximum absolute atomic E-state index is 11.6. The lowest BCUT2D eigenvalue weighted by atomic mass is 10.1. The van der Waals surface area contributed by atoms with Crippen molar-refractivity contribution in [3.05, 3.63) is 23.8 Å². The summed E-state index contributed by atoms with van der Waals surface area (Å²) in [7, 11) is 5.62. The summed E-state index contributed by atoms with van der Waals surface area (Å²) in [5.74, 6) is -0.411.